The molecule has 1 aromatic carbocycles. The highest BCUT2D eigenvalue weighted by molar-refractivity contribution is 5.76. The fourth-order valence-corrected chi connectivity index (χ4v) is 2.68. The first-order valence-corrected chi connectivity index (χ1v) is 8.86. The van der Waals surface area contributed by atoms with E-state index in [4.69, 9.17) is 4.52 Å². The minimum Gasteiger partial charge on any atom is -0.350 e. The highest BCUT2D eigenvalue weighted by Gasteiger charge is 2.21. The van der Waals surface area contributed by atoms with Gasteiger partial charge in [0.1, 0.15) is 0 Å². The summed E-state index contributed by atoms with van der Waals surface area (Å²) < 4.78 is 5.26. The Bertz CT molecular complexity index is 729. The predicted octanol–water partition coefficient (Wildman–Crippen LogP) is 4.18. The molecule has 0 radical (unpaired) electrons. The van der Waals surface area contributed by atoms with Crippen molar-refractivity contribution in [2.75, 3.05) is 0 Å². The first-order chi connectivity index (χ1) is 11.7. The van der Waals surface area contributed by atoms with Crippen LogP contribution in [0.2, 0.25) is 0 Å². The van der Waals surface area contributed by atoms with Crippen LogP contribution in [0, 0.1) is 13.8 Å². The van der Waals surface area contributed by atoms with Gasteiger partial charge in [-0.3, -0.25) is 4.79 Å². The lowest BCUT2D eigenvalue weighted by Crippen LogP contribution is -2.27. The molecule has 0 aliphatic carbocycles. The summed E-state index contributed by atoms with van der Waals surface area (Å²) in [5, 5.41) is 7.08. The van der Waals surface area contributed by atoms with Gasteiger partial charge in [-0.15, -0.1) is 0 Å². The molecule has 1 heterocycles. The highest BCUT2D eigenvalue weighted by Crippen LogP contribution is 2.20. The fraction of sp³-hybridized carbons (Fsp3) is 0.550. The zero-order valence-corrected chi connectivity index (χ0v) is 16.1. The van der Waals surface area contributed by atoms with Gasteiger partial charge >= 0.3 is 0 Å². The van der Waals surface area contributed by atoms with Crippen molar-refractivity contribution >= 4 is 5.91 Å². The maximum Gasteiger partial charge on any atom is 0.226 e. The van der Waals surface area contributed by atoms with E-state index < -0.39 is 0 Å². The van der Waals surface area contributed by atoms with Crippen LogP contribution < -0.4 is 5.32 Å². The number of aromatic nitrogens is 2. The molecule has 1 amide bonds. The van der Waals surface area contributed by atoms with Gasteiger partial charge in [-0.05, 0) is 38.3 Å². The van der Waals surface area contributed by atoms with E-state index in [1.807, 2.05) is 27.7 Å². The lowest BCUT2D eigenvalue weighted by molar-refractivity contribution is -0.121. The molecule has 1 N–H and O–H groups in total. The average Bonchev–Trinajstić information content (AvgIpc) is 2.98. The summed E-state index contributed by atoms with van der Waals surface area (Å²) >= 11 is 0. The van der Waals surface area contributed by atoms with Crippen LogP contribution >= 0.6 is 0 Å². The number of hydrogen-bond acceptors (Lipinski definition) is 4. The second-order valence-corrected chi connectivity index (χ2v) is 7.76. The molecule has 1 atom stereocenters. The Hall–Kier alpha value is -2.17. The van der Waals surface area contributed by atoms with Crippen molar-refractivity contribution in [3.63, 3.8) is 0 Å². The Labute approximate surface area is 150 Å². The van der Waals surface area contributed by atoms with E-state index in [0.29, 0.717) is 31.0 Å². The molecule has 0 saturated carbocycles. The zero-order valence-electron chi connectivity index (χ0n) is 16.1. The summed E-state index contributed by atoms with van der Waals surface area (Å²) in [6.07, 6.45) is 1.76. The average molecular weight is 343 g/mol. The molecule has 0 spiro atoms. The van der Waals surface area contributed by atoms with Gasteiger partial charge in [0, 0.05) is 18.3 Å². The van der Waals surface area contributed by atoms with Gasteiger partial charge in [-0.2, -0.15) is 4.98 Å². The Morgan fingerprint density at radius 3 is 2.64 bits per heavy atom. The molecule has 136 valence electrons. The molecular weight excluding hydrogens is 314 g/mol. The number of benzene rings is 1. The Morgan fingerprint density at radius 2 is 2.00 bits per heavy atom. The van der Waals surface area contributed by atoms with Crippen molar-refractivity contribution < 1.29 is 9.32 Å². The maximum absolute atomic E-state index is 12.2. The van der Waals surface area contributed by atoms with Gasteiger partial charge in [-0.25, -0.2) is 0 Å². The van der Waals surface area contributed by atoms with Crippen molar-refractivity contribution in [1.29, 1.82) is 0 Å². The number of carbonyl (C=O) groups excluding carboxylic acids is 1. The molecule has 5 nitrogen and oxygen atoms in total. The number of nitrogens with zero attached hydrogens (tertiary/aromatic N) is 2. The van der Waals surface area contributed by atoms with Crippen molar-refractivity contribution in [3.05, 3.63) is 46.6 Å². The van der Waals surface area contributed by atoms with E-state index in [1.54, 1.807) is 0 Å². The predicted molar refractivity (Wildman–Crippen MR) is 98.4 cm³/mol. The molecule has 0 saturated heterocycles. The van der Waals surface area contributed by atoms with Crippen LogP contribution in [0.1, 0.15) is 75.0 Å². The summed E-state index contributed by atoms with van der Waals surface area (Å²) in [6.45, 7) is 12.3. The fourth-order valence-electron chi connectivity index (χ4n) is 2.68. The number of nitrogens with one attached hydrogen (secondary N) is 1. The van der Waals surface area contributed by atoms with Crippen LogP contribution in [0.25, 0.3) is 0 Å². The summed E-state index contributed by atoms with van der Waals surface area (Å²) in [5.41, 5.74) is 3.44. The standard InChI is InChI=1S/C20H29N3O2/c1-13-10-11-14(2)16(12-13)15(3)21-17(24)8-7-9-18-22-19(23-25-18)20(4,5)6/h10-12,15H,7-9H2,1-6H3,(H,21,24). The van der Waals surface area contributed by atoms with Crippen LogP contribution in [-0.2, 0) is 16.6 Å². The zero-order chi connectivity index (χ0) is 18.6. The Balaban J connectivity index is 1.82. The van der Waals surface area contributed by atoms with E-state index in [0.717, 1.165) is 0 Å². The first-order valence-electron chi connectivity index (χ1n) is 8.86. The van der Waals surface area contributed by atoms with Crippen molar-refractivity contribution in [3.8, 4) is 0 Å². The lowest BCUT2D eigenvalue weighted by Gasteiger charge is -2.17. The van der Waals surface area contributed by atoms with Crippen LogP contribution in [0.4, 0.5) is 0 Å². The van der Waals surface area contributed by atoms with Gasteiger partial charge < -0.3 is 9.84 Å². The van der Waals surface area contributed by atoms with Crippen LogP contribution in [0.3, 0.4) is 0 Å². The maximum atomic E-state index is 12.2. The van der Waals surface area contributed by atoms with E-state index in [1.165, 1.54) is 16.7 Å². The molecule has 2 aromatic rings. The molecule has 5 heteroatoms. The SMILES string of the molecule is Cc1ccc(C)c(C(C)NC(=O)CCCc2nc(C(C)(C)C)no2)c1. The number of carbonyl (C=O) groups is 1. The molecule has 2 rings (SSSR count). The van der Waals surface area contributed by atoms with Crippen LogP contribution in [0.15, 0.2) is 22.7 Å². The summed E-state index contributed by atoms with van der Waals surface area (Å²) in [6, 6.07) is 6.31. The van der Waals surface area contributed by atoms with Crippen LogP contribution in [0.5, 0.6) is 0 Å². The van der Waals surface area contributed by atoms with Crippen molar-refractivity contribution in [1.82, 2.24) is 15.5 Å². The van der Waals surface area contributed by atoms with E-state index in [9.17, 15) is 4.79 Å². The van der Waals surface area contributed by atoms with Gasteiger partial charge in [-0.1, -0.05) is 49.7 Å². The summed E-state index contributed by atoms with van der Waals surface area (Å²) in [4.78, 5) is 16.6. The molecule has 25 heavy (non-hydrogen) atoms. The third kappa shape index (κ3) is 5.41. The molecular formula is C20H29N3O2. The van der Waals surface area contributed by atoms with Gasteiger partial charge in [0.25, 0.3) is 0 Å². The minimum atomic E-state index is -0.125. The third-order valence-corrected chi connectivity index (χ3v) is 4.21. The summed E-state index contributed by atoms with van der Waals surface area (Å²) in [5.74, 6) is 1.35. The number of rotatable bonds is 6. The molecule has 1 unspecified atom stereocenters. The van der Waals surface area contributed by atoms with E-state index in [-0.39, 0.29) is 17.4 Å². The molecule has 0 bridgehead atoms. The summed E-state index contributed by atoms with van der Waals surface area (Å²) in [7, 11) is 0. The highest BCUT2D eigenvalue weighted by atomic mass is 16.5. The van der Waals surface area contributed by atoms with Crippen LogP contribution in [-0.4, -0.2) is 16.0 Å². The van der Waals surface area contributed by atoms with Crippen molar-refractivity contribution in [2.45, 2.75) is 72.3 Å². The van der Waals surface area contributed by atoms with E-state index >= 15 is 0 Å². The van der Waals surface area contributed by atoms with E-state index in [2.05, 4.69) is 47.5 Å². The first kappa shape index (κ1) is 19.2. The van der Waals surface area contributed by atoms with Crippen molar-refractivity contribution in [2.24, 2.45) is 0 Å². The Kier molecular flexibility index (Phi) is 5.98. The monoisotopic (exact) mass is 343 g/mol. The number of aryl methyl sites for hydroxylation is 3. The molecule has 1 aromatic heterocycles. The minimum absolute atomic E-state index is 0.00305. The number of hydrogen-bond donors (Lipinski definition) is 1. The lowest BCUT2D eigenvalue weighted by atomic mass is 9.96. The van der Waals surface area contributed by atoms with Gasteiger partial charge in [0.15, 0.2) is 5.82 Å². The third-order valence-electron chi connectivity index (χ3n) is 4.21. The molecule has 0 aliphatic rings. The molecule has 0 aliphatic heterocycles. The van der Waals surface area contributed by atoms with Gasteiger partial charge in [0.2, 0.25) is 11.8 Å². The number of amides is 1. The largest absolute Gasteiger partial charge is 0.350 e. The normalized spacial score (nSPS) is 12.9. The van der Waals surface area contributed by atoms with Gasteiger partial charge in [0.05, 0.1) is 6.04 Å². The quantitative estimate of drug-likeness (QED) is 0.854. The molecule has 0 fully saturated rings. The Morgan fingerprint density at radius 1 is 1.28 bits per heavy atom. The second-order valence-electron chi connectivity index (χ2n) is 7.76. The smallest absolute Gasteiger partial charge is 0.226 e. The topological polar surface area (TPSA) is 68.0 Å². The second kappa shape index (κ2) is 7.81.